The molecule has 1 unspecified atom stereocenters. The van der Waals surface area contributed by atoms with E-state index in [-0.39, 0.29) is 11.2 Å². The average Bonchev–Trinajstić information content (AvgIpc) is 2.31. The Bertz CT molecular complexity index is 414. The highest BCUT2D eigenvalue weighted by Crippen LogP contribution is 2.19. The minimum absolute atomic E-state index is 0.0955. The molecule has 0 saturated carbocycles. The predicted molar refractivity (Wildman–Crippen MR) is 86.9 cm³/mol. The standard InChI is InChI=1S/C14H31N3O2S/c1-11(2)12(3)17-13(15-6)16-10-14(4,5)8-9-20(7,18)19/h11-12H,8-10H2,1-7H3,(H2,15,16,17). The van der Waals surface area contributed by atoms with Gasteiger partial charge in [-0.25, -0.2) is 8.42 Å². The van der Waals surface area contributed by atoms with Gasteiger partial charge < -0.3 is 10.6 Å². The fourth-order valence-corrected chi connectivity index (χ4v) is 2.37. The number of rotatable bonds is 7. The van der Waals surface area contributed by atoms with Gasteiger partial charge in [0.25, 0.3) is 0 Å². The quantitative estimate of drug-likeness (QED) is 0.554. The van der Waals surface area contributed by atoms with Crippen molar-refractivity contribution >= 4 is 15.8 Å². The highest BCUT2D eigenvalue weighted by molar-refractivity contribution is 7.90. The van der Waals surface area contributed by atoms with Crippen LogP contribution in [0.25, 0.3) is 0 Å². The van der Waals surface area contributed by atoms with Gasteiger partial charge in [-0.3, -0.25) is 4.99 Å². The molecule has 0 amide bonds. The Morgan fingerprint density at radius 1 is 1.25 bits per heavy atom. The molecule has 120 valence electrons. The summed E-state index contributed by atoms with van der Waals surface area (Å²) >= 11 is 0. The molecule has 0 aliphatic rings. The number of aliphatic imine (C=N–C) groups is 1. The van der Waals surface area contributed by atoms with Gasteiger partial charge in [0.1, 0.15) is 9.84 Å². The summed E-state index contributed by atoms with van der Waals surface area (Å²) in [6, 6.07) is 0.334. The van der Waals surface area contributed by atoms with Crippen LogP contribution in [0.2, 0.25) is 0 Å². The van der Waals surface area contributed by atoms with E-state index in [4.69, 9.17) is 0 Å². The van der Waals surface area contributed by atoms with Gasteiger partial charge >= 0.3 is 0 Å². The summed E-state index contributed by atoms with van der Waals surface area (Å²) in [6.45, 7) is 11.2. The first-order valence-corrected chi connectivity index (χ1v) is 9.18. The average molecular weight is 305 g/mol. The zero-order valence-electron chi connectivity index (χ0n) is 13.9. The van der Waals surface area contributed by atoms with E-state index in [2.05, 4.69) is 50.2 Å². The molecule has 0 bridgehead atoms. The fraction of sp³-hybridized carbons (Fsp3) is 0.929. The molecule has 0 radical (unpaired) electrons. The molecular weight excluding hydrogens is 274 g/mol. The van der Waals surface area contributed by atoms with E-state index in [1.54, 1.807) is 7.05 Å². The molecule has 0 saturated heterocycles. The molecule has 0 aromatic carbocycles. The lowest BCUT2D eigenvalue weighted by Crippen LogP contribution is -2.47. The first kappa shape index (κ1) is 19.2. The molecule has 0 aliphatic carbocycles. The van der Waals surface area contributed by atoms with Crippen LogP contribution in [0.15, 0.2) is 4.99 Å². The lowest BCUT2D eigenvalue weighted by atomic mass is 9.90. The van der Waals surface area contributed by atoms with E-state index in [0.717, 1.165) is 5.96 Å². The van der Waals surface area contributed by atoms with Crippen LogP contribution in [0.5, 0.6) is 0 Å². The smallest absolute Gasteiger partial charge is 0.191 e. The zero-order chi connectivity index (χ0) is 16.0. The molecule has 0 aromatic rings. The topological polar surface area (TPSA) is 70.6 Å². The summed E-state index contributed by atoms with van der Waals surface area (Å²) in [5.74, 6) is 1.50. The van der Waals surface area contributed by atoms with Crippen molar-refractivity contribution in [2.24, 2.45) is 16.3 Å². The van der Waals surface area contributed by atoms with Gasteiger partial charge in [0.15, 0.2) is 5.96 Å². The number of guanidine groups is 1. The maximum absolute atomic E-state index is 11.2. The molecule has 2 N–H and O–H groups in total. The van der Waals surface area contributed by atoms with Crippen molar-refractivity contribution in [1.29, 1.82) is 0 Å². The molecule has 6 heteroatoms. The van der Waals surface area contributed by atoms with Crippen molar-refractivity contribution in [2.75, 3.05) is 25.6 Å². The highest BCUT2D eigenvalue weighted by Gasteiger charge is 2.21. The summed E-state index contributed by atoms with van der Waals surface area (Å²) in [6.07, 6.45) is 1.91. The number of nitrogens with one attached hydrogen (secondary N) is 2. The Morgan fingerprint density at radius 2 is 1.80 bits per heavy atom. The third-order valence-electron chi connectivity index (χ3n) is 3.47. The van der Waals surface area contributed by atoms with Gasteiger partial charge in [0.2, 0.25) is 0 Å². The summed E-state index contributed by atoms with van der Waals surface area (Å²) in [4.78, 5) is 4.20. The SMILES string of the molecule is CN=C(NCC(C)(C)CCS(C)(=O)=O)NC(C)C(C)C. The molecule has 0 spiro atoms. The molecule has 0 aromatic heterocycles. The first-order chi connectivity index (χ1) is 8.97. The van der Waals surface area contributed by atoms with Crippen LogP contribution in [-0.2, 0) is 9.84 Å². The molecule has 0 aliphatic heterocycles. The molecule has 5 nitrogen and oxygen atoms in total. The van der Waals surface area contributed by atoms with E-state index in [1.165, 1.54) is 6.26 Å². The molecule has 0 heterocycles. The largest absolute Gasteiger partial charge is 0.356 e. The van der Waals surface area contributed by atoms with Gasteiger partial charge in [-0.05, 0) is 24.7 Å². The normalized spacial score (nSPS) is 15.3. The number of hydrogen-bond acceptors (Lipinski definition) is 3. The number of sulfone groups is 1. The van der Waals surface area contributed by atoms with Crippen LogP contribution in [0.3, 0.4) is 0 Å². The van der Waals surface area contributed by atoms with Crippen molar-refractivity contribution in [3.05, 3.63) is 0 Å². The van der Waals surface area contributed by atoms with E-state index < -0.39 is 9.84 Å². The van der Waals surface area contributed by atoms with Crippen LogP contribution < -0.4 is 10.6 Å². The second-order valence-corrected chi connectivity index (χ2v) is 8.91. The molecule has 0 fully saturated rings. The van der Waals surface area contributed by atoms with Crippen molar-refractivity contribution in [2.45, 2.75) is 47.1 Å². The van der Waals surface area contributed by atoms with Crippen molar-refractivity contribution in [3.8, 4) is 0 Å². The lowest BCUT2D eigenvalue weighted by molar-refractivity contribution is 0.347. The second kappa shape index (κ2) is 7.86. The molecule has 1 atom stereocenters. The van der Waals surface area contributed by atoms with Gasteiger partial charge in [-0.1, -0.05) is 27.7 Å². The van der Waals surface area contributed by atoms with Crippen LogP contribution >= 0.6 is 0 Å². The fourth-order valence-electron chi connectivity index (χ4n) is 1.45. The zero-order valence-corrected chi connectivity index (χ0v) is 14.8. The monoisotopic (exact) mass is 305 g/mol. The minimum Gasteiger partial charge on any atom is -0.356 e. The maximum Gasteiger partial charge on any atom is 0.191 e. The summed E-state index contributed by atoms with van der Waals surface area (Å²) in [7, 11) is -1.16. The van der Waals surface area contributed by atoms with Gasteiger partial charge in [0, 0.05) is 25.9 Å². The Labute approximate surface area is 124 Å². The third-order valence-corrected chi connectivity index (χ3v) is 4.42. The van der Waals surface area contributed by atoms with Gasteiger partial charge in [0.05, 0.1) is 5.75 Å². The first-order valence-electron chi connectivity index (χ1n) is 7.12. The van der Waals surface area contributed by atoms with E-state index in [0.29, 0.717) is 24.9 Å². The van der Waals surface area contributed by atoms with Crippen LogP contribution in [0.4, 0.5) is 0 Å². The summed E-state index contributed by atoms with van der Waals surface area (Å²) in [5.41, 5.74) is -0.0955. The summed E-state index contributed by atoms with van der Waals surface area (Å²) < 4.78 is 22.5. The van der Waals surface area contributed by atoms with Crippen LogP contribution in [0, 0.1) is 11.3 Å². The Morgan fingerprint density at radius 3 is 2.20 bits per heavy atom. The predicted octanol–water partition coefficient (Wildman–Crippen LogP) is 1.66. The third kappa shape index (κ3) is 9.18. The number of hydrogen-bond donors (Lipinski definition) is 2. The van der Waals surface area contributed by atoms with Crippen molar-refractivity contribution in [1.82, 2.24) is 10.6 Å². The van der Waals surface area contributed by atoms with E-state index in [1.807, 2.05) is 0 Å². The van der Waals surface area contributed by atoms with Crippen LogP contribution in [-0.4, -0.2) is 46.0 Å². The highest BCUT2D eigenvalue weighted by atomic mass is 32.2. The second-order valence-electron chi connectivity index (χ2n) is 6.65. The van der Waals surface area contributed by atoms with Crippen LogP contribution in [0.1, 0.15) is 41.0 Å². The van der Waals surface area contributed by atoms with Crippen molar-refractivity contribution in [3.63, 3.8) is 0 Å². The van der Waals surface area contributed by atoms with E-state index in [9.17, 15) is 8.42 Å². The number of nitrogens with zero attached hydrogens (tertiary/aromatic N) is 1. The molecular formula is C14H31N3O2S. The summed E-state index contributed by atoms with van der Waals surface area (Å²) in [5, 5.41) is 6.61. The van der Waals surface area contributed by atoms with E-state index >= 15 is 0 Å². The lowest BCUT2D eigenvalue weighted by Gasteiger charge is -2.27. The van der Waals surface area contributed by atoms with Gasteiger partial charge in [-0.2, -0.15) is 0 Å². The Hall–Kier alpha value is -0.780. The van der Waals surface area contributed by atoms with Crippen molar-refractivity contribution < 1.29 is 8.42 Å². The molecule has 20 heavy (non-hydrogen) atoms. The molecule has 0 rings (SSSR count). The Kier molecular flexibility index (Phi) is 7.55. The minimum atomic E-state index is -2.91. The van der Waals surface area contributed by atoms with Gasteiger partial charge in [-0.15, -0.1) is 0 Å². The Balaban J connectivity index is 4.35. The maximum atomic E-state index is 11.2.